The number of phenolic OH excluding ortho intramolecular Hbond substituents is 6. The van der Waals surface area contributed by atoms with Crippen molar-refractivity contribution in [2.24, 2.45) is 0 Å². The number of hydrogen-bond acceptors (Lipinski definition) is 22. The number of fused-ring (bicyclic) bond motifs is 12. The van der Waals surface area contributed by atoms with Crippen LogP contribution in [0.3, 0.4) is 0 Å². The van der Waals surface area contributed by atoms with Crippen molar-refractivity contribution in [3.63, 3.8) is 0 Å². The van der Waals surface area contributed by atoms with Crippen molar-refractivity contribution in [3.8, 4) is 34.5 Å². The van der Waals surface area contributed by atoms with Crippen molar-refractivity contribution in [1.29, 1.82) is 0 Å². The first-order valence-corrected chi connectivity index (χ1v) is 33.8. The smallest absolute Gasteiger partial charge is 0.545 e. The van der Waals surface area contributed by atoms with Gasteiger partial charge in [0, 0.05) is 79.7 Å². The quantitative estimate of drug-likeness (QED) is 0.0844. The van der Waals surface area contributed by atoms with Crippen LogP contribution >= 0.6 is 0 Å². The number of carbonyl (C=O) groups is 6. The summed E-state index contributed by atoms with van der Waals surface area (Å²) in [6, 6.07) is 80.5. The molecule has 116 heavy (non-hydrogen) atoms. The SMILES string of the molecule is O.O.O=C([O-])c1cccc2cc(O)ccc12.O=C([O-])c1cccc2cc(O)ccc12.O=C([O-])c1cccc2cc(O)ccc12.O=C([O-])c1cccc2cc(O)ccc12.O=C([O-])c1cccc2cc(O)ccc12.O=C([O-])c1cccc2cc(O)ccc12.[Eu+3].[Eu+3].c1cnc2c(c1)ccc1cccnc12.c1cnc2c(c1)ccc1cccnc12. The number of carboxylic acids is 6. The van der Waals surface area contributed by atoms with Crippen molar-refractivity contribution < 1.29 is 200 Å². The third kappa shape index (κ3) is 22.7. The largest absolute Gasteiger partial charge is 3.00 e. The van der Waals surface area contributed by atoms with E-state index < -0.39 is 35.8 Å². The molecule has 0 atom stereocenters. The Balaban J connectivity index is 0.000000182. The van der Waals surface area contributed by atoms with Crippen LogP contribution in [0.2, 0.25) is 0 Å². The zero-order valence-electron chi connectivity index (χ0n) is 60.1. The number of carbonyl (C=O) groups excluding carboxylic acids is 6. The average molecular weight is 1820 g/mol. The molecule has 18 aromatic rings. The van der Waals surface area contributed by atoms with E-state index >= 15 is 0 Å². The Morgan fingerprint density at radius 1 is 0.198 bits per heavy atom. The summed E-state index contributed by atoms with van der Waals surface area (Å²) in [6.07, 6.45) is 7.21. The van der Waals surface area contributed by atoms with E-state index in [4.69, 9.17) is 0 Å². The summed E-state index contributed by atoms with van der Waals surface area (Å²) in [4.78, 5) is 81.7. The third-order valence-corrected chi connectivity index (χ3v) is 17.2. The molecule has 4 aromatic heterocycles. The van der Waals surface area contributed by atoms with Crippen LogP contribution in [0.4, 0.5) is 0 Å². The third-order valence-electron chi connectivity index (χ3n) is 17.2. The van der Waals surface area contributed by atoms with Gasteiger partial charge in [0.25, 0.3) is 0 Å². The molecule has 4 heterocycles. The van der Waals surface area contributed by atoms with Gasteiger partial charge in [0.1, 0.15) is 34.5 Å². The fraction of sp³-hybridized carbons (Fsp3) is 0. The van der Waals surface area contributed by atoms with Crippen molar-refractivity contribution in [1.82, 2.24) is 19.9 Å². The number of pyridine rings is 4. The normalized spacial score (nSPS) is 10.1. The van der Waals surface area contributed by atoms with Gasteiger partial charge in [-0.2, -0.15) is 0 Å². The van der Waals surface area contributed by atoms with Gasteiger partial charge < -0.3 is 101 Å². The first-order chi connectivity index (χ1) is 54.0. The zero-order chi connectivity index (χ0) is 79.5. The van der Waals surface area contributed by atoms with Crippen LogP contribution in [0.25, 0.3) is 108 Å². The van der Waals surface area contributed by atoms with Gasteiger partial charge in [-0.1, -0.05) is 194 Å². The van der Waals surface area contributed by atoms with E-state index in [0.29, 0.717) is 64.6 Å². The molecule has 0 fully saturated rings. The van der Waals surface area contributed by atoms with Crippen molar-refractivity contribution >= 4 is 144 Å². The number of phenols is 6. The summed E-state index contributed by atoms with van der Waals surface area (Å²) in [6.45, 7) is 0. The van der Waals surface area contributed by atoms with Gasteiger partial charge in [-0.25, -0.2) is 0 Å². The van der Waals surface area contributed by atoms with E-state index in [1.165, 1.54) is 109 Å². The Kier molecular flexibility index (Phi) is 32.8. The summed E-state index contributed by atoms with van der Waals surface area (Å²) in [5, 5.41) is 132. The van der Waals surface area contributed by atoms with Crippen LogP contribution in [-0.2, 0) is 0 Å². The maximum absolute atomic E-state index is 10.7. The molecule has 14 aromatic carbocycles. The number of aromatic hydroxyl groups is 6. The number of carboxylic acid groups (broad SMARTS) is 6. The number of rotatable bonds is 6. The molecule has 0 aliphatic heterocycles. The van der Waals surface area contributed by atoms with Gasteiger partial charge in [0.2, 0.25) is 0 Å². The Morgan fingerprint density at radius 2 is 0.345 bits per heavy atom. The molecule has 18 rings (SSSR count). The average Bonchev–Trinajstić information content (AvgIpc) is 0.778. The van der Waals surface area contributed by atoms with Gasteiger partial charge in [-0.05, 0) is 162 Å². The number of aromatic nitrogens is 4. The van der Waals surface area contributed by atoms with E-state index in [9.17, 15) is 90.0 Å². The van der Waals surface area contributed by atoms with Gasteiger partial charge >= 0.3 is 98.8 Å². The molecular weight excluding hydrogens is 1760 g/mol. The first-order valence-electron chi connectivity index (χ1n) is 33.8. The second-order valence-corrected chi connectivity index (χ2v) is 24.4. The summed E-state index contributed by atoms with van der Waals surface area (Å²) in [5.41, 5.74) is 4.76. The van der Waals surface area contributed by atoms with Gasteiger partial charge in [0.15, 0.2) is 0 Å². The first kappa shape index (κ1) is 90.2. The van der Waals surface area contributed by atoms with Crippen LogP contribution in [0.5, 0.6) is 34.5 Å². The molecule has 0 bridgehead atoms. The number of benzene rings is 14. The molecule has 0 unspecified atom stereocenters. The van der Waals surface area contributed by atoms with Crippen LogP contribution < -0.4 is 30.6 Å². The number of aromatic carboxylic acids is 6. The number of hydrogen-bond donors (Lipinski definition) is 6. The molecule has 576 valence electrons. The van der Waals surface area contributed by atoms with Crippen LogP contribution in [0, 0.1) is 98.8 Å². The Morgan fingerprint density at radius 3 is 0.491 bits per heavy atom. The van der Waals surface area contributed by atoms with E-state index in [1.807, 2.05) is 24.3 Å². The molecule has 0 amide bonds. The maximum atomic E-state index is 10.7. The summed E-state index contributed by atoms with van der Waals surface area (Å²) in [7, 11) is 0. The van der Waals surface area contributed by atoms with Crippen LogP contribution in [0.15, 0.2) is 316 Å². The molecule has 24 nitrogen and oxygen atoms in total. The Hall–Kier alpha value is -13.0. The van der Waals surface area contributed by atoms with E-state index in [-0.39, 0.29) is 178 Å². The summed E-state index contributed by atoms with van der Waals surface area (Å²) < 4.78 is 0. The molecule has 0 spiro atoms. The molecule has 10 N–H and O–H groups in total. The monoisotopic (exact) mass is 1820 g/mol. The minimum absolute atomic E-state index is 0. The second-order valence-electron chi connectivity index (χ2n) is 24.4. The predicted octanol–water partition coefficient (Wildman–Crippen LogP) is 9.37. The topological polar surface area (TPSA) is 477 Å². The summed E-state index contributed by atoms with van der Waals surface area (Å²) in [5.74, 6) is -6.53. The molecular formula is C90H62Eu2N4O20. The molecule has 0 aliphatic carbocycles. The fourth-order valence-corrected chi connectivity index (χ4v) is 12.1. The van der Waals surface area contributed by atoms with Crippen LogP contribution in [-0.4, -0.2) is 97.3 Å². The fourth-order valence-electron chi connectivity index (χ4n) is 12.1. The molecule has 0 saturated heterocycles. The van der Waals surface area contributed by atoms with Gasteiger partial charge in [-0.15, -0.1) is 0 Å². The molecule has 0 aliphatic rings. The predicted molar refractivity (Wildman–Crippen MR) is 421 cm³/mol. The molecule has 0 radical (unpaired) electrons. The molecule has 26 heteroatoms. The van der Waals surface area contributed by atoms with Crippen molar-refractivity contribution in [2.75, 3.05) is 0 Å². The van der Waals surface area contributed by atoms with Crippen molar-refractivity contribution in [2.45, 2.75) is 0 Å². The molecule has 0 saturated carbocycles. The standard InChI is InChI=1S/2C12H8N2.6C11H8O3.2Eu.2H2O/c2*1-3-9-5-6-10-4-2-8-14-12(10)11(9)13-7-1;6*12-8-4-5-9-7(6-8)2-1-3-10(9)11(13)14;;;;/h2*1-8H;6*1-6,12H,(H,13,14);;;2*1H2/q;;;;;;;;2*+3;;/p-6. The van der Waals surface area contributed by atoms with E-state index in [1.54, 1.807) is 134 Å². The van der Waals surface area contributed by atoms with Gasteiger partial charge in [-0.3, -0.25) is 19.9 Å². The van der Waals surface area contributed by atoms with Crippen LogP contribution in [0.1, 0.15) is 62.1 Å². The Bertz CT molecular complexity index is 5680. The maximum Gasteiger partial charge on any atom is 3.00 e. The summed E-state index contributed by atoms with van der Waals surface area (Å²) >= 11 is 0. The van der Waals surface area contributed by atoms with E-state index in [2.05, 4.69) is 68.5 Å². The minimum atomic E-state index is -1.21. The van der Waals surface area contributed by atoms with E-state index in [0.717, 1.165) is 43.6 Å². The minimum Gasteiger partial charge on any atom is -0.545 e. The second kappa shape index (κ2) is 42.2. The van der Waals surface area contributed by atoms with Crippen molar-refractivity contribution in [3.05, 3.63) is 349 Å². The van der Waals surface area contributed by atoms with Gasteiger partial charge in [0.05, 0.1) is 57.9 Å². The Labute approximate surface area is 739 Å². The number of nitrogens with zero attached hydrogens (tertiary/aromatic N) is 4. The zero-order valence-corrected chi connectivity index (χ0v) is 65.0.